The Balaban J connectivity index is 2.48. The molecule has 0 aliphatic heterocycles. The van der Waals surface area contributed by atoms with Crippen LogP contribution in [0.25, 0.3) is 0 Å². The predicted molar refractivity (Wildman–Crippen MR) is 75.4 cm³/mol. The average molecular weight is 284 g/mol. The summed E-state index contributed by atoms with van der Waals surface area (Å²) in [5.74, 6) is -0.333. The molecular formula is C14H24N2O4. The van der Waals surface area contributed by atoms with Crippen molar-refractivity contribution in [3.05, 3.63) is 0 Å². The van der Waals surface area contributed by atoms with Gasteiger partial charge in [-0.25, -0.2) is 10.2 Å². The summed E-state index contributed by atoms with van der Waals surface area (Å²) in [6.07, 6.45) is 2.42. The van der Waals surface area contributed by atoms with Crippen LogP contribution >= 0.6 is 0 Å². The Morgan fingerprint density at radius 2 is 2.10 bits per heavy atom. The SMILES string of the molecule is CCOC(=O)C1CCCC(=NNC(=O)OC(C)(C)C)C1. The summed E-state index contributed by atoms with van der Waals surface area (Å²) in [5, 5.41) is 4.04. The summed E-state index contributed by atoms with van der Waals surface area (Å²) in [6.45, 7) is 7.54. The number of carbonyl (C=O) groups excluding carboxylic acids is 2. The first-order valence-corrected chi connectivity index (χ1v) is 7.03. The normalized spacial score (nSPS) is 21.4. The van der Waals surface area contributed by atoms with E-state index in [0.29, 0.717) is 13.0 Å². The van der Waals surface area contributed by atoms with E-state index in [4.69, 9.17) is 9.47 Å². The van der Waals surface area contributed by atoms with Gasteiger partial charge in [-0.1, -0.05) is 0 Å². The Labute approximate surface area is 119 Å². The van der Waals surface area contributed by atoms with E-state index in [1.807, 2.05) is 0 Å². The number of hydrazone groups is 1. The molecule has 20 heavy (non-hydrogen) atoms. The number of carbonyl (C=O) groups is 2. The highest BCUT2D eigenvalue weighted by atomic mass is 16.6. The molecule has 0 spiro atoms. The van der Waals surface area contributed by atoms with Gasteiger partial charge in [-0.2, -0.15) is 5.10 Å². The highest BCUT2D eigenvalue weighted by Crippen LogP contribution is 2.23. The van der Waals surface area contributed by atoms with Gasteiger partial charge in [-0.3, -0.25) is 4.79 Å². The van der Waals surface area contributed by atoms with Gasteiger partial charge in [0.25, 0.3) is 0 Å². The Kier molecular flexibility index (Phi) is 5.98. The van der Waals surface area contributed by atoms with E-state index in [9.17, 15) is 9.59 Å². The molecule has 1 fully saturated rings. The van der Waals surface area contributed by atoms with Gasteiger partial charge >= 0.3 is 12.1 Å². The fraction of sp³-hybridized carbons (Fsp3) is 0.786. The van der Waals surface area contributed by atoms with Crippen LogP contribution in [0.4, 0.5) is 4.79 Å². The largest absolute Gasteiger partial charge is 0.466 e. The van der Waals surface area contributed by atoms with Crippen LogP contribution in [-0.2, 0) is 14.3 Å². The topological polar surface area (TPSA) is 77.0 Å². The minimum Gasteiger partial charge on any atom is -0.466 e. The minimum absolute atomic E-state index is 0.150. The zero-order chi connectivity index (χ0) is 15.2. The van der Waals surface area contributed by atoms with Gasteiger partial charge in [-0.15, -0.1) is 0 Å². The highest BCUT2D eigenvalue weighted by Gasteiger charge is 2.26. The van der Waals surface area contributed by atoms with E-state index >= 15 is 0 Å². The van der Waals surface area contributed by atoms with Crippen molar-refractivity contribution in [1.82, 2.24) is 5.43 Å². The highest BCUT2D eigenvalue weighted by molar-refractivity contribution is 5.90. The molecule has 0 radical (unpaired) electrons. The lowest BCUT2D eigenvalue weighted by Gasteiger charge is -2.22. The first-order valence-electron chi connectivity index (χ1n) is 7.03. The van der Waals surface area contributed by atoms with E-state index in [0.717, 1.165) is 25.0 Å². The molecule has 0 heterocycles. The number of amides is 1. The lowest BCUT2D eigenvalue weighted by molar-refractivity contribution is -0.148. The van der Waals surface area contributed by atoms with Crippen LogP contribution in [0.15, 0.2) is 5.10 Å². The first-order chi connectivity index (χ1) is 9.31. The molecule has 0 aromatic carbocycles. The molecule has 1 aliphatic rings. The molecule has 0 bridgehead atoms. The van der Waals surface area contributed by atoms with E-state index in [-0.39, 0.29) is 11.9 Å². The second-order valence-electron chi connectivity index (χ2n) is 5.84. The summed E-state index contributed by atoms with van der Waals surface area (Å²) >= 11 is 0. The summed E-state index contributed by atoms with van der Waals surface area (Å²) in [6, 6.07) is 0. The van der Waals surface area contributed by atoms with Gasteiger partial charge in [0.2, 0.25) is 0 Å². The van der Waals surface area contributed by atoms with E-state index < -0.39 is 11.7 Å². The standard InChI is InChI=1S/C14H24N2O4/c1-5-19-12(17)10-7-6-8-11(9-10)15-16-13(18)20-14(2,3)4/h10H,5-9H2,1-4H3,(H,16,18). The van der Waals surface area contributed by atoms with Gasteiger partial charge in [0.05, 0.1) is 12.5 Å². The third-order valence-corrected chi connectivity index (χ3v) is 2.82. The number of nitrogens with one attached hydrogen (secondary N) is 1. The molecule has 0 saturated heterocycles. The van der Waals surface area contributed by atoms with Crippen molar-refractivity contribution in [1.29, 1.82) is 0 Å². The monoisotopic (exact) mass is 284 g/mol. The van der Waals surface area contributed by atoms with Crippen LogP contribution in [0.1, 0.15) is 53.4 Å². The van der Waals surface area contributed by atoms with Crippen molar-refractivity contribution in [2.45, 2.75) is 59.0 Å². The Hall–Kier alpha value is -1.59. The van der Waals surface area contributed by atoms with Crippen molar-refractivity contribution >= 4 is 17.8 Å². The Morgan fingerprint density at radius 1 is 1.40 bits per heavy atom. The molecule has 0 aromatic rings. The smallest absolute Gasteiger partial charge is 0.428 e. The molecule has 1 aliphatic carbocycles. The maximum absolute atomic E-state index is 11.7. The zero-order valence-corrected chi connectivity index (χ0v) is 12.7. The Bertz CT molecular complexity index is 385. The molecule has 114 valence electrons. The van der Waals surface area contributed by atoms with E-state index in [2.05, 4.69) is 10.5 Å². The second kappa shape index (κ2) is 7.26. The minimum atomic E-state index is -0.580. The van der Waals surface area contributed by atoms with E-state index in [1.165, 1.54) is 0 Å². The fourth-order valence-electron chi connectivity index (χ4n) is 2.03. The van der Waals surface area contributed by atoms with Gasteiger partial charge in [-0.05, 0) is 47.0 Å². The third kappa shape index (κ3) is 6.04. The number of rotatable bonds is 3. The molecule has 1 amide bonds. The molecular weight excluding hydrogens is 260 g/mol. The van der Waals surface area contributed by atoms with Gasteiger partial charge in [0, 0.05) is 12.1 Å². The molecule has 1 rings (SSSR count). The second-order valence-corrected chi connectivity index (χ2v) is 5.84. The zero-order valence-electron chi connectivity index (χ0n) is 12.7. The van der Waals surface area contributed by atoms with Crippen molar-refractivity contribution in [2.75, 3.05) is 6.61 Å². The van der Waals surface area contributed by atoms with Crippen LogP contribution in [0.2, 0.25) is 0 Å². The fourth-order valence-corrected chi connectivity index (χ4v) is 2.03. The summed E-state index contributed by atoms with van der Waals surface area (Å²) in [5.41, 5.74) is 2.63. The summed E-state index contributed by atoms with van der Waals surface area (Å²) in [4.78, 5) is 23.2. The Morgan fingerprint density at radius 3 is 2.70 bits per heavy atom. The molecule has 0 aromatic heterocycles. The average Bonchev–Trinajstić information content (AvgIpc) is 2.35. The number of hydrogen-bond donors (Lipinski definition) is 1. The molecule has 6 heteroatoms. The van der Waals surface area contributed by atoms with Crippen molar-refractivity contribution in [3.8, 4) is 0 Å². The molecule has 6 nitrogen and oxygen atoms in total. The van der Waals surface area contributed by atoms with Crippen LogP contribution in [-0.4, -0.2) is 30.0 Å². The van der Waals surface area contributed by atoms with Gasteiger partial charge in [0.15, 0.2) is 0 Å². The number of hydrogen-bond acceptors (Lipinski definition) is 5. The van der Waals surface area contributed by atoms with Crippen LogP contribution in [0, 0.1) is 5.92 Å². The van der Waals surface area contributed by atoms with Crippen molar-refractivity contribution in [2.24, 2.45) is 11.0 Å². The molecule has 1 saturated carbocycles. The number of esters is 1. The van der Waals surface area contributed by atoms with Crippen molar-refractivity contribution < 1.29 is 19.1 Å². The van der Waals surface area contributed by atoms with Gasteiger partial charge in [0.1, 0.15) is 5.60 Å². The number of ether oxygens (including phenoxy) is 2. The quantitative estimate of drug-likeness (QED) is 0.638. The third-order valence-electron chi connectivity index (χ3n) is 2.82. The maximum Gasteiger partial charge on any atom is 0.428 e. The van der Waals surface area contributed by atoms with Crippen LogP contribution < -0.4 is 5.43 Å². The predicted octanol–water partition coefficient (Wildman–Crippen LogP) is 2.62. The first kappa shape index (κ1) is 16.5. The molecule has 1 N–H and O–H groups in total. The van der Waals surface area contributed by atoms with Crippen LogP contribution in [0.5, 0.6) is 0 Å². The maximum atomic E-state index is 11.7. The summed E-state index contributed by atoms with van der Waals surface area (Å²) < 4.78 is 10.1. The number of nitrogens with zero attached hydrogens (tertiary/aromatic N) is 1. The van der Waals surface area contributed by atoms with Crippen LogP contribution in [0.3, 0.4) is 0 Å². The van der Waals surface area contributed by atoms with E-state index in [1.54, 1.807) is 27.7 Å². The van der Waals surface area contributed by atoms with Crippen molar-refractivity contribution in [3.63, 3.8) is 0 Å². The molecule has 1 atom stereocenters. The lowest BCUT2D eigenvalue weighted by atomic mass is 9.88. The lowest BCUT2D eigenvalue weighted by Crippen LogP contribution is -2.31. The van der Waals surface area contributed by atoms with Gasteiger partial charge < -0.3 is 9.47 Å². The summed E-state index contributed by atoms with van der Waals surface area (Å²) in [7, 11) is 0. The molecule has 1 unspecified atom stereocenters.